The molecule has 0 unspecified atom stereocenters. The average Bonchev–Trinajstić information content (AvgIpc) is 2.42. The molecule has 0 saturated heterocycles. The smallest absolute Gasteiger partial charge is 0.333 e. The first-order valence-corrected chi connectivity index (χ1v) is 8.90. The second-order valence-corrected chi connectivity index (χ2v) is 6.87. The fourth-order valence-corrected chi connectivity index (χ4v) is 2.75. The summed E-state index contributed by atoms with van der Waals surface area (Å²) in [7, 11) is -3.32. The summed E-state index contributed by atoms with van der Waals surface area (Å²) in [5.41, 5.74) is 0.283. The highest BCUT2D eigenvalue weighted by atomic mass is 32.2. The van der Waals surface area contributed by atoms with Gasteiger partial charge in [0, 0.05) is 12.1 Å². The predicted octanol–water partition coefficient (Wildman–Crippen LogP) is 2.34. The molecular formula is C14H26FNO4S. The minimum absolute atomic E-state index is 0.00580. The Hall–Kier alpha value is -0.950. The number of ether oxygens (including phenoxy) is 1. The number of carbonyl (C=O) groups excluding carboxylic acids is 1. The molecule has 0 heterocycles. The Morgan fingerprint density at radius 2 is 1.71 bits per heavy atom. The third-order valence-electron chi connectivity index (χ3n) is 2.80. The minimum atomic E-state index is -3.32. The van der Waals surface area contributed by atoms with Gasteiger partial charge in [0.15, 0.2) is 0 Å². The zero-order valence-electron chi connectivity index (χ0n) is 12.7. The van der Waals surface area contributed by atoms with Crippen LogP contribution in [0.1, 0.15) is 45.4 Å². The molecule has 21 heavy (non-hydrogen) atoms. The van der Waals surface area contributed by atoms with Gasteiger partial charge in [-0.2, -0.15) is 0 Å². The van der Waals surface area contributed by atoms with Crippen molar-refractivity contribution < 1.29 is 22.3 Å². The lowest BCUT2D eigenvalue weighted by molar-refractivity contribution is -0.138. The zero-order chi connectivity index (χ0) is 16.1. The molecule has 124 valence electrons. The summed E-state index contributed by atoms with van der Waals surface area (Å²) in [5.74, 6) is -0.465. The number of sulfonamides is 1. The van der Waals surface area contributed by atoms with E-state index in [1.807, 2.05) is 0 Å². The Morgan fingerprint density at radius 1 is 1.14 bits per heavy atom. The number of hydrogen-bond donors (Lipinski definition) is 1. The van der Waals surface area contributed by atoms with E-state index in [9.17, 15) is 17.6 Å². The lowest BCUT2D eigenvalue weighted by Gasteiger charge is -2.07. The van der Waals surface area contributed by atoms with Gasteiger partial charge in [-0.25, -0.2) is 17.9 Å². The van der Waals surface area contributed by atoms with Crippen LogP contribution in [0, 0.1) is 0 Å². The summed E-state index contributed by atoms with van der Waals surface area (Å²) in [6.45, 7) is 4.73. The van der Waals surface area contributed by atoms with Crippen LogP contribution < -0.4 is 4.72 Å². The van der Waals surface area contributed by atoms with Crippen LogP contribution in [0.3, 0.4) is 0 Å². The molecule has 0 aliphatic carbocycles. The highest BCUT2D eigenvalue weighted by molar-refractivity contribution is 7.89. The monoisotopic (exact) mass is 323 g/mol. The molecule has 0 aromatic rings. The van der Waals surface area contributed by atoms with Crippen molar-refractivity contribution in [1.29, 1.82) is 0 Å². The van der Waals surface area contributed by atoms with E-state index in [0.717, 1.165) is 25.7 Å². The van der Waals surface area contributed by atoms with Gasteiger partial charge in [-0.05, 0) is 19.8 Å². The SMILES string of the molecule is C=C(C)C(=O)OCCNS(=O)(=O)CCCCCCCCF. The van der Waals surface area contributed by atoms with Gasteiger partial charge in [0.1, 0.15) is 6.61 Å². The van der Waals surface area contributed by atoms with E-state index in [0.29, 0.717) is 12.8 Å². The van der Waals surface area contributed by atoms with Crippen molar-refractivity contribution in [2.45, 2.75) is 45.4 Å². The van der Waals surface area contributed by atoms with E-state index >= 15 is 0 Å². The van der Waals surface area contributed by atoms with Crippen LogP contribution in [0.25, 0.3) is 0 Å². The van der Waals surface area contributed by atoms with Crippen molar-refractivity contribution in [1.82, 2.24) is 4.72 Å². The van der Waals surface area contributed by atoms with Crippen LogP contribution in [0.2, 0.25) is 0 Å². The maximum Gasteiger partial charge on any atom is 0.333 e. The summed E-state index contributed by atoms with van der Waals surface area (Å²) in [4.78, 5) is 11.1. The number of alkyl halides is 1. The largest absolute Gasteiger partial charge is 0.461 e. The molecule has 0 saturated carbocycles. The molecule has 1 N–H and O–H groups in total. The second-order valence-electron chi connectivity index (χ2n) is 4.94. The fourth-order valence-electron chi connectivity index (χ4n) is 1.63. The highest BCUT2D eigenvalue weighted by Crippen LogP contribution is 2.06. The van der Waals surface area contributed by atoms with Crippen molar-refractivity contribution >= 4 is 16.0 Å². The van der Waals surface area contributed by atoms with E-state index in [4.69, 9.17) is 4.74 Å². The first-order chi connectivity index (χ1) is 9.89. The van der Waals surface area contributed by atoms with Crippen LogP contribution in [0.15, 0.2) is 12.2 Å². The molecule has 0 aliphatic heterocycles. The van der Waals surface area contributed by atoms with Gasteiger partial charge in [0.05, 0.1) is 12.4 Å². The molecule has 0 amide bonds. The van der Waals surface area contributed by atoms with Gasteiger partial charge >= 0.3 is 5.97 Å². The number of nitrogens with one attached hydrogen (secondary N) is 1. The molecule has 0 atom stereocenters. The van der Waals surface area contributed by atoms with Crippen molar-refractivity contribution in [3.8, 4) is 0 Å². The quantitative estimate of drug-likeness (QED) is 0.321. The van der Waals surface area contributed by atoms with E-state index < -0.39 is 16.0 Å². The van der Waals surface area contributed by atoms with Crippen molar-refractivity contribution in [2.75, 3.05) is 25.6 Å². The molecule has 0 spiro atoms. The second kappa shape index (κ2) is 11.7. The number of rotatable bonds is 13. The maximum absolute atomic E-state index is 11.8. The summed E-state index contributed by atoms with van der Waals surface area (Å²) in [5, 5.41) is 0. The number of halogens is 1. The van der Waals surface area contributed by atoms with E-state index in [-0.39, 0.29) is 31.2 Å². The van der Waals surface area contributed by atoms with Gasteiger partial charge in [-0.1, -0.05) is 32.3 Å². The predicted molar refractivity (Wildman–Crippen MR) is 81.2 cm³/mol. The van der Waals surface area contributed by atoms with Crippen molar-refractivity contribution in [2.24, 2.45) is 0 Å². The number of unbranched alkanes of at least 4 members (excludes halogenated alkanes) is 5. The standard InChI is InChI=1S/C14H26FNO4S/c1-13(2)14(17)20-11-10-16-21(18,19)12-8-6-4-3-5-7-9-15/h16H,1,3-12H2,2H3. The maximum atomic E-state index is 11.8. The summed E-state index contributed by atoms with van der Waals surface area (Å²) in [6.07, 6.45) is 4.70. The topological polar surface area (TPSA) is 72.5 Å². The van der Waals surface area contributed by atoms with Crippen LogP contribution >= 0.6 is 0 Å². The summed E-state index contributed by atoms with van der Waals surface area (Å²) >= 11 is 0. The van der Waals surface area contributed by atoms with Crippen LogP contribution in [-0.4, -0.2) is 40.0 Å². The Labute approximate surface area is 127 Å². The first kappa shape index (κ1) is 20.1. The normalized spacial score (nSPS) is 11.3. The molecule has 0 aromatic heterocycles. The minimum Gasteiger partial charge on any atom is -0.461 e. The Bertz CT molecular complexity index is 409. The summed E-state index contributed by atoms with van der Waals surface area (Å²) in [6, 6.07) is 0. The number of hydrogen-bond acceptors (Lipinski definition) is 4. The molecular weight excluding hydrogens is 297 g/mol. The zero-order valence-corrected chi connectivity index (χ0v) is 13.5. The average molecular weight is 323 g/mol. The van der Waals surface area contributed by atoms with Crippen molar-refractivity contribution in [3.05, 3.63) is 12.2 Å². The molecule has 5 nitrogen and oxygen atoms in total. The summed E-state index contributed by atoms with van der Waals surface area (Å²) < 4.78 is 42.3. The van der Waals surface area contributed by atoms with Gasteiger partial charge < -0.3 is 4.74 Å². The lowest BCUT2D eigenvalue weighted by atomic mass is 10.1. The Balaban J connectivity index is 3.61. The molecule has 0 rings (SSSR count). The van der Waals surface area contributed by atoms with E-state index in [2.05, 4.69) is 11.3 Å². The van der Waals surface area contributed by atoms with Crippen molar-refractivity contribution in [3.63, 3.8) is 0 Å². The van der Waals surface area contributed by atoms with E-state index in [1.54, 1.807) is 0 Å². The first-order valence-electron chi connectivity index (χ1n) is 7.25. The molecule has 7 heteroatoms. The number of esters is 1. The Kier molecular flexibility index (Phi) is 11.2. The van der Waals surface area contributed by atoms with Gasteiger partial charge in [0.2, 0.25) is 10.0 Å². The van der Waals surface area contributed by atoms with Crippen LogP contribution in [-0.2, 0) is 19.6 Å². The lowest BCUT2D eigenvalue weighted by Crippen LogP contribution is -2.30. The molecule has 0 aromatic carbocycles. The van der Waals surface area contributed by atoms with Gasteiger partial charge in [-0.3, -0.25) is 4.39 Å². The molecule has 0 radical (unpaired) electrons. The van der Waals surface area contributed by atoms with Crippen LogP contribution in [0.5, 0.6) is 0 Å². The molecule has 0 fully saturated rings. The van der Waals surface area contributed by atoms with E-state index in [1.165, 1.54) is 6.92 Å². The van der Waals surface area contributed by atoms with Crippen LogP contribution in [0.4, 0.5) is 4.39 Å². The van der Waals surface area contributed by atoms with Gasteiger partial charge in [-0.15, -0.1) is 0 Å². The third kappa shape index (κ3) is 12.5. The third-order valence-corrected chi connectivity index (χ3v) is 4.27. The molecule has 0 aliphatic rings. The highest BCUT2D eigenvalue weighted by Gasteiger charge is 2.10. The Morgan fingerprint density at radius 3 is 2.29 bits per heavy atom. The number of carbonyl (C=O) groups is 1. The molecule has 0 bridgehead atoms. The fraction of sp³-hybridized carbons (Fsp3) is 0.786. The van der Waals surface area contributed by atoms with Gasteiger partial charge in [0.25, 0.3) is 0 Å².